The molecule has 0 bridgehead atoms. The van der Waals surface area contributed by atoms with Crippen molar-refractivity contribution >= 4 is 11.6 Å². The van der Waals surface area contributed by atoms with E-state index in [1.807, 2.05) is 91.0 Å². The molecule has 0 heterocycles. The first-order valence-corrected chi connectivity index (χ1v) is 9.96. The Morgan fingerprint density at radius 2 is 1.37 bits per heavy atom. The van der Waals surface area contributed by atoms with E-state index in [0.29, 0.717) is 11.6 Å². The molecule has 0 saturated carbocycles. The van der Waals surface area contributed by atoms with E-state index in [1.165, 1.54) is 11.8 Å². The highest BCUT2D eigenvalue weighted by Gasteiger charge is 2.14. The largest absolute Gasteiger partial charge is 0.379 e. The lowest BCUT2D eigenvalue weighted by Gasteiger charge is -2.19. The normalized spacial score (nSPS) is 11.2. The van der Waals surface area contributed by atoms with Crippen LogP contribution >= 0.6 is 0 Å². The summed E-state index contributed by atoms with van der Waals surface area (Å²) in [5.41, 5.74) is 3.95. The quantitative estimate of drug-likeness (QED) is 0.408. The first-order chi connectivity index (χ1) is 14.6. The minimum Gasteiger partial charge on any atom is -0.379 e. The van der Waals surface area contributed by atoms with E-state index in [2.05, 4.69) is 24.5 Å². The molecule has 3 rings (SSSR count). The number of nitriles is 1. The molecule has 2 N–H and O–H groups in total. The summed E-state index contributed by atoms with van der Waals surface area (Å²) in [4.78, 5) is 12.6. The highest BCUT2D eigenvalue weighted by atomic mass is 16.1. The molecule has 0 aromatic heterocycles. The Morgan fingerprint density at radius 3 is 1.83 bits per heavy atom. The smallest absolute Gasteiger partial charge is 0.267 e. The third-order valence-electron chi connectivity index (χ3n) is 4.86. The Balaban J connectivity index is 1.78. The number of nitrogens with zero attached hydrogens (tertiary/aromatic N) is 1. The summed E-state index contributed by atoms with van der Waals surface area (Å²) >= 11 is 0. The number of anilines is 1. The van der Waals surface area contributed by atoms with Gasteiger partial charge in [-0.05, 0) is 34.7 Å². The van der Waals surface area contributed by atoms with Crippen LogP contribution in [0.4, 0.5) is 5.69 Å². The molecule has 3 aromatic carbocycles. The van der Waals surface area contributed by atoms with Gasteiger partial charge >= 0.3 is 0 Å². The Morgan fingerprint density at radius 1 is 0.833 bits per heavy atom. The summed E-state index contributed by atoms with van der Waals surface area (Å²) in [5, 5.41) is 15.6. The van der Waals surface area contributed by atoms with Gasteiger partial charge in [-0.2, -0.15) is 5.26 Å². The number of carbonyl (C=O) groups is 1. The van der Waals surface area contributed by atoms with Crippen molar-refractivity contribution in [3.63, 3.8) is 0 Å². The molecule has 4 heteroatoms. The van der Waals surface area contributed by atoms with Gasteiger partial charge in [0.1, 0.15) is 11.6 Å². The molecule has 0 fully saturated rings. The number of nitrogens with one attached hydrogen (secondary N) is 2. The molecule has 0 unspecified atom stereocenters. The van der Waals surface area contributed by atoms with E-state index in [9.17, 15) is 10.1 Å². The van der Waals surface area contributed by atoms with Crippen molar-refractivity contribution in [2.45, 2.75) is 25.8 Å². The molecule has 150 valence electrons. The Bertz CT molecular complexity index is 994. The van der Waals surface area contributed by atoms with Crippen LogP contribution in [0.15, 0.2) is 96.7 Å². The van der Waals surface area contributed by atoms with E-state index >= 15 is 0 Å². The van der Waals surface area contributed by atoms with Gasteiger partial charge in [-0.15, -0.1) is 0 Å². The minimum atomic E-state index is -0.442. The maximum absolute atomic E-state index is 12.6. The number of amides is 1. The van der Waals surface area contributed by atoms with E-state index in [1.54, 1.807) is 0 Å². The van der Waals surface area contributed by atoms with Gasteiger partial charge in [-0.25, -0.2) is 0 Å². The number of carbonyl (C=O) groups excluding carboxylic acids is 1. The van der Waals surface area contributed by atoms with Crippen molar-refractivity contribution in [3.05, 3.63) is 113 Å². The van der Waals surface area contributed by atoms with Gasteiger partial charge in [0.05, 0.1) is 6.04 Å². The monoisotopic (exact) mass is 395 g/mol. The van der Waals surface area contributed by atoms with Crippen molar-refractivity contribution < 1.29 is 4.79 Å². The summed E-state index contributed by atoms with van der Waals surface area (Å²) in [7, 11) is 0. The molecular formula is C26H25N3O. The molecule has 1 amide bonds. The van der Waals surface area contributed by atoms with Crippen molar-refractivity contribution in [1.29, 1.82) is 5.26 Å². The fraction of sp³-hybridized carbons (Fsp3) is 0.154. The molecule has 4 nitrogen and oxygen atoms in total. The first-order valence-electron chi connectivity index (χ1n) is 9.96. The minimum absolute atomic E-state index is 0.0137. The third-order valence-corrected chi connectivity index (χ3v) is 4.86. The Labute approximate surface area is 177 Å². The van der Waals surface area contributed by atoms with E-state index in [-0.39, 0.29) is 11.6 Å². The van der Waals surface area contributed by atoms with Crippen molar-refractivity contribution in [2.75, 3.05) is 5.32 Å². The first kappa shape index (κ1) is 20.9. The lowest BCUT2D eigenvalue weighted by molar-refractivity contribution is -0.112. The van der Waals surface area contributed by atoms with Gasteiger partial charge in [0, 0.05) is 11.9 Å². The maximum atomic E-state index is 12.6. The number of hydrogen-bond acceptors (Lipinski definition) is 3. The molecule has 0 atom stereocenters. The molecule has 0 aliphatic heterocycles. The van der Waals surface area contributed by atoms with Gasteiger partial charge in [-0.3, -0.25) is 4.79 Å². The van der Waals surface area contributed by atoms with Gasteiger partial charge < -0.3 is 10.6 Å². The molecule has 3 aromatic rings. The highest BCUT2D eigenvalue weighted by Crippen LogP contribution is 2.22. The summed E-state index contributed by atoms with van der Waals surface area (Å²) in [6.45, 7) is 4.23. The zero-order valence-corrected chi connectivity index (χ0v) is 17.2. The topological polar surface area (TPSA) is 64.9 Å². The summed E-state index contributed by atoms with van der Waals surface area (Å²) in [5.74, 6) is -0.0245. The molecular weight excluding hydrogens is 370 g/mol. The standard InChI is InChI=1S/C26H25N3O/c1-19(2)20-13-15-24(16-14-20)29-26(30)23(17-27)18-28-25(21-9-5-3-6-10-21)22-11-7-4-8-12-22/h3-16,18-19,25,28H,1-2H3,(H,29,30)/b23-18-. The second kappa shape index (κ2) is 10.1. The summed E-state index contributed by atoms with van der Waals surface area (Å²) < 4.78 is 0. The third kappa shape index (κ3) is 5.36. The lowest BCUT2D eigenvalue weighted by Crippen LogP contribution is -2.21. The molecule has 30 heavy (non-hydrogen) atoms. The zero-order chi connectivity index (χ0) is 21.3. The summed E-state index contributed by atoms with van der Waals surface area (Å²) in [6, 6.07) is 29.3. The van der Waals surface area contributed by atoms with Gasteiger partial charge in [0.2, 0.25) is 0 Å². The predicted octanol–water partition coefficient (Wildman–Crippen LogP) is 5.54. The van der Waals surface area contributed by atoms with E-state index in [4.69, 9.17) is 0 Å². The second-order valence-electron chi connectivity index (χ2n) is 7.32. The van der Waals surface area contributed by atoms with Gasteiger partial charge in [0.25, 0.3) is 5.91 Å². The average Bonchev–Trinajstić information content (AvgIpc) is 2.78. The van der Waals surface area contributed by atoms with Crippen LogP contribution in [0.25, 0.3) is 0 Å². The van der Waals surface area contributed by atoms with E-state index < -0.39 is 5.91 Å². The van der Waals surface area contributed by atoms with Crippen LogP contribution in [0.2, 0.25) is 0 Å². The predicted molar refractivity (Wildman–Crippen MR) is 121 cm³/mol. The molecule has 0 saturated heterocycles. The molecule has 0 radical (unpaired) electrons. The van der Waals surface area contributed by atoms with Crippen LogP contribution in [-0.2, 0) is 4.79 Å². The van der Waals surface area contributed by atoms with Crippen molar-refractivity contribution in [3.8, 4) is 6.07 Å². The zero-order valence-electron chi connectivity index (χ0n) is 17.2. The molecule has 0 spiro atoms. The van der Waals surface area contributed by atoms with Crippen LogP contribution < -0.4 is 10.6 Å². The van der Waals surface area contributed by atoms with E-state index in [0.717, 1.165) is 11.1 Å². The number of rotatable bonds is 7. The number of benzene rings is 3. The fourth-order valence-electron chi connectivity index (χ4n) is 3.14. The molecule has 0 aliphatic rings. The van der Waals surface area contributed by atoms with Gasteiger partial charge in [0.15, 0.2) is 0 Å². The van der Waals surface area contributed by atoms with Crippen LogP contribution in [0.1, 0.15) is 42.5 Å². The summed E-state index contributed by atoms with van der Waals surface area (Å²) in [6.07, 6.45) is 1.49. The number of hydrogen-bond donors (Lipinski definition) is 2. The van der Waals surface area contributed by atoms with Gasteiger partial charge in [-0.1, -0.05) is 86.6 Å². The van der Waals surface area contributed by atoms with Crippen LogP contribution in [0, 0.1) is 11.3 Å². The Hall–Kier alpha value is -3.84. The second-order valence-corrected chi connectivity index (χ2v) is 7.32. The van der Waals surface area contributed by atoms with Crippen molar-refractivity contribution in [1.82, 2.24) is 5.32 Å². The van der Waals surface area contributed by atoms with Crippen LogP contribution in [0.5, 0.6) is 0 Å². The van der Waals surface area contributed by atoms with Crippen LogP contribution in [0.3, 0.4) is 0 Å². The molecule has 0 aliphatic carbocycles. The van der Waals surface area contributed by atoms with Crippen molar-refractivity contribution in [2.24, 2.45) is 0 Å². The highest BCUT2D eigenvalue weighted by molar-refractivity contribution is 6.06. The SMILES string of the molecule is CC(C)c1ccc(NC(=O)/C(C#N)=C\NC(c2ccccc2)c2ccccc2)cc1. The fourth-order valence-corrected chi connectivity index (χ4v) is 3.14. The lowest BCUT2D eigenvalue weighted by atomic mass is 9.99. The van der Waals surface area contributed by atoms with Crippen LogP contribution in [-0.4, -0.2) is 5.91 Å². The average molecular weight is 396 g/mol. The Kier molecular flexibility index (Phi) is 7.02. The maximum Gasteiger partial charge on any atom is 0.267 e.